The largest absolute Gasteiger partial charge is 0.477 e. The molecule has 0 aliphatic carbocycles. The Hall–Kier alpha value is -0.520. The summed E-state index contributed by atoms with van der Waals surface area (Å²) >= 11 is 2.90. The van der Waals surface area contributed by atoms with Crippen molar-refractivity contribution in [1.82, 2.24) is 0 Å². The van der Waals surface area contributed by atoms with E-state index in [-0.39, 0.29) is 0 Å². The van der Waals surface area contributed by atoms with Gasteiger partial charge in [-0.2, -0.15) is 0 Å². The molecule has 0 atom stereocenters. The van der Waals surface area contributed by atoms with Crippen molar-refractivity contribution in [3.05, 3.63) is 16.3 Å². The van der Waals surface area contributed by atoms with E-state index in [4.69, 9.17) is 9.84 Å². The quantitative estimate of drug-likeness (QED) is 0.604. The van der Waals surface area contributed by atoms with Crippen molar-refractivity contribution in [2.24, 2.45) is 5.92 Å². The molecule has 1 aromatic heterocycles. The lowest BCUT2D eigenvalue weighted by Crippen LogP contribution is -2.04. The van der Waals surface area contributed by atoms with Crippen molar-refractivity contribution in [2.75, 3.05) is 19.0 Å². The lowest BCUT2D eigenvalue weighted by molar-refractivity contribution is 0.0702. The van der Waals surface area contributed by atoms with Crippen molar-refractivity contribution in [3.8, 4) is 0 Å². The topological polar surface area (TPSA) is 46.5 Å². The van der Waals surface area contributed by atoms with Gasteiger partial charge in [0.25, 0.3) is 0 Å². The molecule has 0 aliphatic rings. The van der Waals surface area contributed by atoms with E-state index >= 15 is 0 Å². The van der Waals surface area contributed by atoms with Crippen LogP contribution in [0.3, 0.4) is 0 Å². The number of carboxylic acids is 1. The minimum absolute atomic E-state index is 0.394. The van der Waals surface area contributed by atoms with Gasteiger partial charge in [0.05, 0.1) is 6.61 Å². The standard InChI is InChI=1S/C11H16O3S2/c1-8(2)6-14-3-4-15-9-5-10(11(12)13)16-7-9/h5,7-8H,3-4,6H2,1-2H3,(H,12,13). The zero-order valence-electron chi connectivity index (χ0n) is 9.43. The molecule has 1 N–H and O–H groups in total. The molecule has 0 saturated heterocycles. The molecular weight excluding hydrogens is 244 g/mol. The molecule has 0 aromatic carbocycles. The maximum absolute atomic E-state index is 10.6. The molecule has 0 radical (unpaired) electrons. The molecular formula is C11H16O3S2. The van der Waals surface area contributed by atoms with Crippen LogP contribution in [-0.4, -0.2) is 30.0 Å². The summed E-state index contributed by atoms with van der Waals surface area (Å²) in [4.78, 5) is 12.0. The highest BCUT2D eigenvalue weighted by Crippen LogP contribution is 2.24. The third kappa shape index (κ3) is 5.01. The van der Waals surface area contributed by atoms with E-state index in [1.807, 2.05) is 5.38 Å². The summed E-state index contributed by atoms with van der Waals surface area (Å²) in [5.41, 5.74) is 0. The molecule has 90 valence electrons. The molecule has 0 fully saturated rings. The summed E-state index contributed by atoms with van der Waals surface area (Å²) in [7, 11) is 0. The van der Waals surface area contributed by atoms with E-state index < -0.39 is 5.97 Å². The fourth-order valence-corrected chi connectivity index (χ4v) is 2.78. The van der Waals surface area contributed by atoms with Crippen molar-refractivity contribution in [3.63, 3.8) is 0 Å². The van der Waals surface area contributed by atoms with Crippen molar-refractivity contribution < 1.29 is 14.6 Å². The number of hydrogen-bond donors (Lipinski definition) is 1. The summed E-state index contributed by atoms with van der Waals surface area (Å²) in [6.07, 6.45) is 0. The molecule has 1 aromatic rings. The van der Waals surface area contributed by atoms with Gasteiger partial charge < -0.3 is 9.84 Å². The lowest BCUT2D eigenvalue weighted by Gasteiger charge is -2.05. The number of carboxylic acid groups (broad SMARTS) is 1. The first-order valence-electron chi connectivity index (χ1n) is 5.12. The second-order valence-corrected chi connectivity index (χ2v) is 5.85. The number of thioether (sulfide) groups is 1. The zero-order valence-corrected chi connectivity index (χ0v) is 11.1. The Morgan fingerprint density at radius 1 is 1.62 bits per heavy atom. The SMILES string of the molecule is CC(C)COCCSc1csc(C(=O)O)c1. The van der Waals surface area contributed by atoms with Crippen molar-refractivity contribution in [2.45, 2.75) is 18.7 Å². The summed E-state index contributed by atoms with van der Waals surface area (Å²) in [6, 6.07) is 1.71. The van der Waals surface area contributed by atoms with Gasteiger partial charge in [0, 0.05) is 22.6 Å². The van der Waals surface area contributed by atoms with Gasteiger partial charge in [-0.1, -0.05) is 13.8 Å². The number of carbonyl (C=O) groups is 1. The van der Waals surface area contributed by atoms with Crippen LogP contribution in [0.5, 0.6) is 0 Å². The van der Waals surface area contributed by atoms with Crippen LogP contribution in [0.1, 0.15) is 23.5 Å². The predicted octanol–water partition coefficient (Wildman–Crippen LogP) is 3.21. The monoisotopic (exact) mass is 260 g/mol. The zero-order chi connectivity index (χ0) is 12.0. The third-order valence-electron chi connectivity index (χ3n) is 1.73. The first-order chi connectivity index (χ1) is 7.59. The van der Waals surface area contributed by atoms with E-state index in [9.17, 15) is 4.79 Å². The molecule has 0 saturated carbocycles. The first kappa shape index (κ1) is 13.5. The van der Waals surface area contributed by atoms with Gasteiger partial charge >= 0.3 is 5.97 Å². The minimum Gasteiger partial charge on any atom is -0.477 e. The molecule has 1 heterocycles. The van der Waals surface area contributed by atoms with Gasteiger partial charge in [-0.3, -0.25) is 0 Å². The van der Waals surface area contributed by atoms with Crippen LogP contribution in [-0.2, 0) is 4.74 Å². The Morgan fingerprint density at radius 2 is 2.38 bits per heavy atom. The van der Waals surface area contributed by atoms with Gasteiger partial charge in [0.2, 0.25) is 0 Å². The number of rotatable bonds is 7. The number of thiophene rings is 1. The predicted molar refractivity (Wildman–Crippen MR) is 67.7 cm³/mol. The minimum atomic E-state index is -0.854. The third-order valence-corrected chi connectivity index (χ3v) is 3.74. The maximum atomic E-state index is 10.6. The van der Waals surface area contributed by atoms with Gasteiger partial charge in [-0.25, -0.2) is 4.79 Å². The van der Waals surface area contributed by atoms with Crippen LogP contribution in [0.25, 0.3) is 0 Å². The maximum Gasteiger partial charge on any atom is 0.345 e. The summed E-state index contributed by atoms with van der Waals surface area (Å²) in [5.74, 6) is 0.570. The Morgan fingerprint density at radius 3 is 2.94 bits per heavy atom. The van der Waals surface area contributed by atoms with Crippen LogP contribution >= 0.6 is 23.1 Å². The molecule has 0 bridgehead atoms. The van der Waals surface area contributed by atoms with Crippen LogP contribution in [0.15, 0.2) is 16.3 Å². The van der Waals surface area contributed by atoms with Crippen LogP contribution < -0.4 is 0 Å². The van der Waals surface area contributed by atoms with Gasteiger partial charge in [-0.05, 0) is 12.0 Å². The summed E-state index contributed by atoms with van der Waals surface area (Å²) in [5, 5.41) is 10.6. The summed E-state index contributed by atoms with van der Waals surface area (Å²) in [6.45, 7) is 5.72. The highest BCUT2D eigenvalue weighted by atomic mass is 32.2. The molecule has 0 unspecified atom stereocenters. The fourth-order valence-electron chi connectivity index (χ4n) is 1.04. The lowest BCUT2D eigenvalue weighted by atomic mass is 10.2. The van der Waals surface area contributed by atoms with E-state index in [2.05, 4.69) is 13.8 Å². The molecule has 0 amide bonds. The Kier molecular flexibility index (Phi) is 5.87. The van der Waals surface area contributed by atoms with E-state index in [0.29, 0.717) is 17.4 Å². The normalized spacial score (nSPS) is 10.9. The average Bonchev–Trinajstić information content (AvgIpc) is 2.65. The molecule has 1 rings (SSSR count). The number of ether oxygens (including phenoxy) is 1. The summed E-state index contributed by atoms with van der Waals surface area (Å²) < 4.78 is 5.44. The number of aromatic carboxylic acids is 1. The van der Waals surface area contributed by atoms with Gasteiger partial charge in [0.15, 0.2) is 0 Å². The van der Waals surface area contributed by atoms with Crippen molar-refractivity contribution in [1.29, 1.82) is 0 Å². The van der Waals surface area contributed by atoms with Crippen LogP contribution in [0.4, 0.5) is 0 Å². The highest BCUT2D eigenvalue weighted by molar-refractivity contribution is 7.99. The Bertz CT molecular complexity index is 334. The molecule has 3 nitrogen and oxygen atoms in total. The first-order valence-corrected chi connectivity index (χ1v) is 6.98. The number of hydrogen-bond acceptors (Lipinski definition) is 4. The van der Waals surface area contributed by atoms with Gasteiger partial charge in [0.1, 0.15) is 4.88 Å². The highest BCUT2D eigenvalue weighted by Gasteiger charge is 2.06. The van der Waals surface area contributed by atoms with Crippen molar-refractivity contribution >= 4 is 29.1 Å². The molecule has 5 heteroatoms. The molecule has 0 spiro atoms. The second-order valence-electron chi connectivity index (χ2n) is 3.77. The average molecular weight is 260 g/mol. The molecule has 0 aliphatic heterocycles. The second kappa shape index (κ2) is 6.93. The van der Waals surface area contributed by atoms with E-state index in [0.717, 1.165) is 17.3 Å². The van der Waals surface area contributed by atoms with Crippen LogP contribution in [0.2, 0.25) is 0 Å². The molecule has 16 heavy (non-hydrogen) atoms. The Labute approximate surface area is 104 Å². The van der Waals surface area contributed by atoms with Gasteiger partial charge in [-0.15, -0.1) is 23.1 Å². The van der Waals surface area contributed by atoms with E-state index in [1.54, 1.807) is 17.8 Å². The fraction of sp³-hybridized carbons (Fsp3) is 0.545. The van der Waals surface area contributed by atoms with Crippen LogP contribution in [0, 0.1) is 5.92 Å². The Balaban J connectivity index is 2.19. The smallest absolute Gasteiger partial charge is 0.345 e. The van der Waals surface area contributed by atoms with E-state index in [1.165, 1.54) is 11.3 Å².